The summed E-state index contributed by atoms with van der Waals surface area (Å²) >= 11 is 2.23. The molecule has 1 aliphatic rings. The number of hydrogen-bond donors (Lipinski definition) is 3. The number of aryl methyl sites for hydroxylation is 1. The zero-order valence-electron chi connectivity index (χ0n) is 18.1. The molecular weight excluding hydrogens is 543 g/mol. The number of aromatic nitrogens is 1. The molecule has 3 amide bonds. The Kier molecular flexibility index (Phi) is 8.69. The normalized spacial score (nSPS) is 14.8. The average Bonchev–Trinajstić information content (AvgIpc) is 2.73. The van der Waals surface area contributed by atoms with Crippen molar-refractivity contribution in [3.8, 4) is 0 Å². The number of rotatable bonds is 8. The summed E-state index contributed by atoms with van der Waals surface area (Å²) in [6, 6.07) is 7.05. The lowest BCUT2D eigenvalue weighted by molar-refractivity contribution is -0.117. The van der Waals surface area contributed by atoms with Crippen LogP contribution in [0.25, 0.3) is 10.9 Å². The van der Waals surface area contributed by atoms with E-state index in [1.807, 2.05) is 29.0 Å². The molecule has 32 heavy (non-hydrogen) atoms. The molecular formula is C22H29IN4O4S. The monoisotopic (exact) mass is 572 g/mol. The van der Waals surface area contributed by atoms with E-state index < -0.39 is 16.1 Å². The van der Waals surface area contributed by atoms with E-state index in [0.29, 0.717) is 31.7 Å². The molecule has 1 heterocycles. The number of amides is 3. The number of hydrogen-bond acceptors (Lipinski definition) is 5. The highest BCUT2D eigenvalue weighted by Crippen LogP contribution is 2.30. The van der Waals surface area contributed by atoms with Gasteiger partial charge in [-0.25, -0.2) is 17.9 Å². The SMILES string of the molecule is CS(=O)(=O)NC(=O)NCCCc1ccc2c(NC(=O)CC3CCCCC3)c(I)ccc2n1. The van der Waals surface area contributed by atoms with E-state index in [0.717, 1.165) is 45.0 Å². The maximum absolute atomic E-state index is 12.6. The predicted octanol–water partition coefficient (Wildman–Crippen LogP) is 3.94. The third kappa shape index (κ3) is 7.58. The van der Waals surface area contributed by atoms with Crippen LogP contribution in [-0.2, 0) is 21.2 Å². The summed E-state index contributed by atoms with van der Waals surface area (Å²) in [5.41, 5.74) is 2.48. The second kappa shape index (κ2) is 11.3. The molecule has 0 aliphatic heterocycles. The Bertz CT molecular complexity index is 1080. The van der Waals surface area contributed by atoms with Gasteiger partial charge in [-0.1, -0.05) is 19.3 Å². The largest absolute Gasteiger partial charge is 0.337 e. The molecule has 3 N–H and O–H groups in total. The van der Waals surface area contributed by atoms with Crippen molar-refractivity contribution in [2.45, 2.75) is 51.4 Å². The zero-order chi connectivity index (χ0) is 23.1. The van der Waals surface area contributed by atoms with Crippen LogP contribution in [0, 0.1) is 9.49 Å². The lowest BCUT2D eigenvalue weighted by atomic mass is 9.87. The van der Waals surface area contributed by atoms with E-state index in [1.165, 1.54) is 19.3 Å². The number of pyridine rings is 1. The fourth-order valence-corrected chi connectivity index (χ4v) is 5.02. The van der Waals surface area contributed by atoms with Crippen molar-refractivity contribution in [2.24, 2.45) is 5.92 Å². The van der Waals surface area contributed by atoms with E-state index in [1.54, 1.807) is 0 Å². The second-order valence-electron chi connectivity index (χ2n) is 8.28. The van der Waals surface area contributed by atoms with Gasteiger partial charge in [-0.3, -0.25) is 9.78 Å². The van der Waals surface area contributed by atoms with Crippen LogP contribution in [0.3, 0.4) is 0 Å². The van der Waals surface area contributed by atoms with Crippen molar-refractivity contribution in [3.05, 3.63) is 33.5 Å². The second-order valence-corrected chi connectivity index (χ2v) is 11.2. The first-order valence-corrected chi connectivity index (χ1v) is 13.8. The van der Waals surface area contributed by atoms with E-state index >= 15 is 0 Å². The first-order valence-electron chi connectivity index (χ1n) is 10.8. The quantitative estimate of drug-likeness (QED) is 0.327. The van der Waals surface area contributed by atoms with Crippen molar-refractivity contribution in [3.63, 3.8) is 0 Å². The maximum Gasteiger partial charge on any atom is 0.328 e. The fraction of sp³-hybridized carbons (Fsp3) is 0.500. The number of halogens is 1. The number of benzene rings is 1. The van der Waals surface area contributed by atoms with Crippen molar-refractivity contribution < 1.29 is 18.0 Å². The van der Waals surface area contributed by atoms with Gasteiger partial charge in [0.25, 0.3) is 0 Å². The molecule has 0 unspecified atom stereocenters. The topological polar surface area (TPSA) is 117 Å². The van der Waals surface area contributed by atoms with Crippen molar-refractivity contribution in [1.29, 1.82) is 0 Å². The Balaban J connectivity index is 1.59. The van der Waals surface area contributed by atoms with Gasteiger partial charge in [0.15, 0.2) is 0 Å². The van der Waals surface area contributed by atoms with Gasteiger partial charge in [-0.2, -0.15) is 0 Å². The number of nitrogens with zero attached hydrogens (tertiary/aromatic N) is 1. The molecule has 0 saturated heterocycles. The molecule has 3 rings (SSSR count). The highest BCUT2D eigenvalue weighted by molar-refractivity contribution is 14.1. The Morgan fingerprint density at radius 3 is 2.59 bits per heavy atom. The highest BCUT2D eigenvalue weighted by atomic mass is 127. The third-order valence-corrected chi connectivity index (χ3v) is 6.97. The minimum atomic E-state index is -3.57. The molecule has 174 valence electrons. The number of nitrogens with one attached hydrogen (secondary N) is 3. The van der Waals surface area contributed by atoms with Gasteiger partial charge in [0.2, 0.25) is 15.9 Å². The summed E-state index contributed by atoms with van der Waals surface area (Å²) in [5.74, 6) is 0.541. The van der Waals surface area contributed by atoms with Gasteiger partial charge in [0.05, 0.1) is 17.5 Å². The van der Waals surface area contributed by atoms with E-state index in [2.05, 4.69) is 33.2 Å². The highest BCUT2D eigenvalue weighted by Gasteiger charge is 2.18. The van der Waals surface area contributed by atoms with Crippen LogP contribution in [-0.4, -0.2) is 38.1 Å². The maximum atomic E-state index is 12.6. The van der Waals surface area contributed by atoms with Gasteiger partial charge in [0, 0.05) is 27.6 Å². The van der Waals surface area contributed by atoms with Crippen LogP contribution < -0.4 is 15.4 Å². The van der Waals surface area contributed by atoms with Crippen LogP contribution in [0.1, 0.15) is 50.6 Å². The molecule has 2 aromatic rings. The van der Waals surface area contributed by atoms with E-state index in [9.17, 15) is 18.0 Å². The number of sulfonamides is 1. The van der Waals surface area contributed by atoms with Crippen LogP contribution in [0.2, 0.25) is 0 Å². The molecule has 1 aromatic heterocycles. The van der Waals surface area contributed by atoms with Gasteiger partial charge in [0.1, 0.15) is 0 Å². The molecule has 1 aromatic carbocycles. The van der Waals surface area contributed by atoms with Crippen molar-refractivity contribution >= 4 is 61.1 Å². The number of fused-ring (bicyclic) bond motifs is 1. The Hall–Kier alpha value is -1.95. The molecule has 10 heteroatoms. The van der Waals surface area contributed by atoms with Crippen molar-refractivity contribution in [2.75, 3.05) is 18.1 Å². The minimum absolute atomic E-state index is 0.0600. The minimum Gasteiger partial charge on any atom is -0.337 e. The van der Waals surface area contributed by atoms with Crippen LogP contribution >= 0.6 is 22.6 Å². The van der Waals surface area contributed by atoms with Crippen molar-refractivity contribution in [1.82, 2.24) is 15.0 Å². The van der Waals surface area contributed by atoms with Gasteiger partial charge >= 0.3 is 6.03 Å². The van der Waals surface area contributed by atoms with E-state index in [-0.39, 0.29) is 5.91 Å². The molecule has 8 nitrogen and oxygen atoms in total. The molecule has 1 fully saturated rings. The lowest BCUT2D eigenvalue weighted by Crippen LogP contribution is -2.39. The standard InChI is InChI=1S/C22H29IN4O4S/c1-32(30,31)27-22(29)24-13-5-8-16-9-10-17-19(25-16)12-11-18(23)21(17)26-20(28)14-15-6-3-2-4-7-15/h9-12,15H,2-8,13-14H2,1H3,(H,26,28)(H2,24,27,29). The first-order chi connectivity index (χ1) is 15.2. The number of carbonyl (C=O) groups is 2. The Morgan fingerprint density at radius 2 is 1.88 bits per heavy atom. The van der Waals surface area contributed by atoms with E-state index in [4.69, 9.17) is 4.98 Å². The third-order valence-electron chi connectivity index (χ3n) is 5.51. The molecule has 1 aliphatic carbocycles. The fourth-order valence-electron chi connectivity index (χ4n) is 4.01. The summed E-state index contributed by atoms with van der Waals surface area (Å²) in [7, 11) is -3.57. The van der Waals surface area contributed by atoms with Gasteiger partial charge in [-0.05, 0) is 78.5 Å². The summed E-state index contributed by atoms with van der Waals surface area (Å²) in [4.78, 5) is 28.8. The van der Waals surface area contributed by atoms with Crippen LogP contribution in [0.4, 0.5) is 10.5 Å². The number of urea groups is 1. The Morgan fingerprint density at radius 1 is 1.12 bits per heavy atom. The number of carbonyl (C=O) groups excluding carboxylic acids is 2. The molecule has 0 spiro atoms. The summed E-state index contributed by atoms with van der Waals surface area (Å²) in [5, 5.41) is 6.53. The van der Waals surface area contributed by atoms with Gasteiger partial charge < -0.3 is 10.6 Å². The Labute approximate surface area is 202 Å². The summed E-state index contributed by atoms with van der Waals surface area (Å²) in [6.07, 6.45) is 8.72. The summed E-state index contributed by atoms with van der Waals surface area (Å²) in [6.45, 7) is 0.330. The molecule has 0 atom stereocenters. The lowest BCUT2D eigenvalue weighted by Gasteiger charge is -2.21. The molecule has 0 bridgehead atoms. The van der Waals surface area contributed by atoms with Gasteiger partial charge in [-0.15, -0.1) is 0 Å². The zero-order valence-corrected chi connectivity index (χ0v) is 21.1. The summed E-state index contributed by atoms with van der Waals surface area (Å²) < 4.78 is 24.9. The molecule has 1 saturated carbocycles. The smallest absolute Gasteiger partial charge is 0.328 e. The number of anilines is 1. The first kappa shape index (κ1) is 24.7. The van der Waals surface area contributed by atoms with Crippen LogP contribution in [0.5, 0.6) is 0 Å². The average molecular weight is 572 g/mol. The predicted molar refractivity (Wildman–Crippen MR) is 134 cm³/mol. The van der Waals surface area contributed by atoms with Crippen LogP contribution in [0.15, 0.2) is 24.3 Å². The molecule has 0 radical (unpaired) electrons.